The van der Waals surface area contributed by atoms with E-state index in [1.807, 2.05) is 0 Å². The van der Waals surface area contributed by atoms with Crippen LogP contribution in [0.1, 0.15) is 17.6 Å². The fourth-order valence-electron chi connectivity index (χ4n) is 0.760. The molecule has 0 unspecified atom stereocenters. The van der Waals surface area contributed by atoms with Crippen molar-refractivity contribution in [2.45, 2.75) is 6.43 Å². The van der Waals surface area contributed by atoms with Gasteiger partial charge in [-0.3, -0.25) is 0 Å². The molecule has 0 saturated carbocycles. The van der Waals surface area contributed by atoms with E-state index in [1.54, 1.807) is 6.07 Å². The lowest BCUT2D eigenvalue weighted by Crippen LogP contribution is -1.86. The fourth-order valence-corrected chi connectivity index (χ4v) is 0.960. The van der Waals surface area contributed by atoms with Crippen LogP contribution < -0.4 is 0 Å². The molecule has 0 spiro atoms. The third-order valence-electron chi connectivity index (χ3n) is 1.30. The molecule has 0 heterocycles. The number of hydrogen-bond donors (Lipinski definition) is 0. The molecule has 1 rings (SSSR count). The highest BCUT2D eigenvalue weighted by molar-refractivity contribution is 6.31. The predicted molar refractivity (Wildman–Crippen MR) is 40.9 cm³/mol. The van der Waals surface area contributed by atoms with Gasteiger partial charge < -0.3 is 0 Å². The normalized spacial score (nSPS) is 10.6. The van der Waals surface area contributed by atoms with Gasteiger partial charge in [-0.1, -0.05) is 17.7 Å². The van der Waals surface area contributed by atoms with Gasteiger partial charge in [-0.25, -0.2) is 8.78 Å². The Morgan fingerprint density at radius 3 is 2.45 bits per heavy atom. The molecule has 0 atom stereocenters. The number of rotatable bonds is 1. The Morgan fingerprint density at radius 2 is 2.00 bits per heavy atom. The monoisotopic (exact) mass is 175 g/mol. The van der Waals surface area contributed by atoms with Gasteiger partial charge in [0.1, 0.15) is 0 Å². The zero-order valence-electron chi connectivity index (χ0n) is 5.65. The maximum Gasteiger partial charge on any atom is 0.265 e. The molecule has 0 amide bonds. The van der Waals surface area contributed by atoms with Crippen LogP contribution in [-0.4, -0.2) is 0 Å². The van der Waals surface area contributed by atoms with E-state index in [2.05, 4.69) is 6.92 Å². The second-order valence-electron chi connectivity index (χ2n) is 2.16. The lowest BCUT2D eigenvalue weighted by molar-refractivity contribution is 0.151. The highest BCUT2D eigenvalue weighted by Crippen LogP contribution is 2.27. The van der Waals surface area contributed by atoms with E-state index < -0.39 is 6.43 Å². The number of benzene rings is 1. The molecule has 1 radical (unpaired) electrons. The van der Waals surface area contributed by atoms with E-state index in [4.69, 9.17) is 11.6 Å². The first-order chi connectivity index (χ1) is 5.11. The molecule has 0 bridgehead atoms. The summed E-state index contributed by atoms with van der Waals surface area (Å²) in [6.45, 7) is 3.51. The van der Waals surface area contributed by atoms with Crippen molar-refractivity contribution < 1.29 is 8.78 Å². The van der Waals surface area contributed by atoms with Gasteiger partial charge in [-0.05, 0) is 24.6 Å². The summed E-state index contributed by atoms with van der Waals surface area (Å²) in [6, 6.07) is 4.30. The van der Waals surface area contributed by atoms with Crippen molar-refractivity contribution in [3.05, 3.63) is 41.3 Å². The molecular formula is C8H6ClF2. The lowest BCUT2D eigenvalue weighted by atomic mass is 10.1. The van der Waals surface area contributed by atoms with Crippen LogP contribution in [-0.2, 0) is 0 Å². The second-order valence-corrected chi connectivity index (χ2v) is 2.56. The standard InChI is InChI=1S/C8H6ClF2/c1-5-2-3-7(9)6(4-5)8(10)11/h2-4,8H,1H2. The minimum atomic E-state index is -2.52. The Labute approximate surface area is 68.8 Å². The van der Waals surface area contributed by atoms with E-state index in [0.717, 1.165) is 0 Å². The summed E-state index contributed by atoms with van der Waals surface area (Å²) < 4.78 is 24.2. The highest BCUT2D eigenvalue weighted by atomic mass is 35.5. The van der Waals surface area contributed by atoms with Crippen molar-refractivity contribution in [1.82, 2.24) is 0 Å². The molecular weight excluding hydrogens is 170 g/mol. The number of halogens is 3. The molecule has 0 N–H and O–H groups in total. The molecule has 11 heavy (non-hydrogen) atoms. The minimum absolute atomic E-state index is 0.0902. The first-order valence-corrected chi connectivity index (χ1v) is 3.38. The summed E-state index contributed by atoms with van der Waals surface area (Å²) >= 11 is 5.48. The SMILES string of the molecule is [CH2]c1ccc(Cl)c(C(F)F)c1. The molecule has 1 aromatic rings. The van der Waals surface area contributed by atoms with Gasteiger partial charge in [-0.2, -0.15) is 0 Å². The van der Waals surface area contributed by atoms with E-state index in [1.165, 1.54) is 12.1 Å². The van der Waals surface area contributed by atoms with Gasteiger partial charge in [0.2, 0.25) is 0 Å². The summed E-state index contributed by atoms with van der Waals surface area (Å²) in [6.07, 6.45) is -2.52. The van der Waals surface area contributed by atoms with Crippen molar-refractivity contribution >= 4 is 11.6 Å². The first kappa shape index (κ1) is 8.47. The topological polar surface area (TPSA) is 0 Å². The molecule has 0 aromatic heterocycles. The van der Waals surface area contributed by atoms with Gasteiger partial charge in [0.15, 0.2) is 0 Å². The van der Waals surface area contributed by atoms with Crippen LogP contribution in [0.2, 0.25) is 5.02 Å². The third kappa shape index (κ3) is 1.90. The summed E-state index contributed by atoms with van der Waals surface area (Å²) in [7, 11) is 0. The second kappa shape index (κ2) is 3.18. The largest absolute Gasteiger partial charge is 0.265 e. The maximum absolute atomic E-state index is 12.1. The van der Waals surface area contributed by atoms with Gasteiger partial charge >= 0.3 is 0 Å². The molecule has 0 aliphatic rings. The Bertz CT molecular complexity index is 258. The van der Waals surface area contributed by atoms with Crippen LogP contribution in [0.15, 0.2) is 18.2 Å². The Balaban J connectivity index is 3.13. The molecule has 0 aliphatic heterocycles. The molecule has 0 nitrogen and oxygen atoms in total. The van der Waals surface area contributed by atoms with Crippen LogP contribution >= 0.6 is 11.6 Å². The highest BCUT2D eigenvalue weighted by Gasteiger charge is 2.10. The van der Waals surface area contributed by atoms with Crippen LogP contribution in [0.5, 0.6) is 0 Å². The summed E-state index contributed by atoms with van der Waals surface area (Å²) in [5.74, 6) is 0. The van der Waals surface area contributed by atoms with Gasteiger partial charge in [0, 0.05) is 10.6 Å². The average Bonchev–Trinajstić information content (AvgIpc) is 1.94. The van der Waals surface area contributed by atoms with E-state index in [9.17, 15) is 8.78 Å². The molecule has 59 valence electrons. The smallest absolute Gasteiger partial charge is 0.205 e. The Morgan fingerprint density at radius 1 is 1.36 bits per heavy atom. The lowest BCUT2D eigenvalue weighted by Gasteiger charge is -2.02. The first-order valence-electron chi connectivity index (χ1n) is 3.01. The van der Waals surface area contributed by atoms with Crippen molar-refractivity contribution in [2.24, 2.45) is 0 Å². The Kier molecular flexibility index (Phi) is 2.45. The average molecular weight is 176 g/mol. The Hall–Kier alpha value is -0.630. The van der Waals surface area contributed by atoms with Gasteiger partial charge in [0.05, 0.1) is 0 Å². The van der Waals surface area contributed by atoms with Crippen molar-refractivity contribution in [1.29, 1.82) is 0 Å². The predicted octanol–water partition coefficient (Wildman–Crippen LogP) is 3.46. The van der Waals surface area contributed by atoms with Crippen LogP contribution in [0.3, 0.4) is 0 Å². The summed E-state index contributed by atoms with van der Waals surface area (Å²) in [5, 5.41) is 0.0902. The number of alkyl halides is 2. The number of hydrogen-bond acceptors (Lipinski definition) is 0. The van der Waals surface area contributed by atoms with Crippen LogP contribution in [0.25, 0.3) is 0 Å². The van der Waals surface area contributed by atoms with E-state index in [-0.39, 0.29) is 10.6 Å². The molecule has 1 aromatic carbocycles. The summed E-state index contributed by atoms with van der Waals surface area (Å²) in [4.78, 5) is 0. The zero-order valence-corrected chi connectivity index (χ0v) is 6.41. The van der Waals surface area contributed by atoms with Crippen molar-refractivity contribution in [3.63, 3.8) is 0 Å². The quantitative estimate of drug-likeness (QED) is 0.613. The molecule has 0 fully saturated rings. The summed E-state index contributed by atoms with van der Waals surface area (Å²) in [5.41, 5.74) is 0.392. The molecule has 0 saturated heterocycles. The minimum Gasteiger partial charge on any atom is -0.205 e. The van der Waals surface area contributed by atoms with E-state index >= 15 is 0 Å². The molecule has 3 heteroatoms. The van der Waals surface area contributed by atoms with Gasteiger partial charge in [0.25, 0.3) is 6.43 Å². The van der Waals surface area contributed by atoms with Crippen molar-refractivity contribution in [2.75, 3.05) is 0 Å². The van der Waals surface area contributed by atoms with Crippen LogP contribution in [0, 0.1) is 6.92 Å². The van der Waals surface area contributed by atoms with Crippen LogP contribution in [0.4, 0.5) is 8.78 Å². The fraction of sp³-hybridized carbons (Fsp3) is 0.125. The zero-order chi connectivity index (χ0) is 8.43. The van der Waals surface area contributed by atoms with E-state index in [0.29, 0.717) is 5.56 Å². The van der Waals surface area contributed by atoms with Crippen molar-refractivity contribution in [3.8, 4) is 0 Å². The molecule has 0 aliphatic carbocycles. The van der Waals surface area contributed by atoms with Gasteiger partial charge in [-0.15, -0.1) is 0 Å². The third-order valence-corrected chi connectivity index (χ3v) is 1.64. The maximum atomic E-state index is 12.1.